The fourth-order valence-corrected chi connectivity index (χ4v) is 8.43. The van der Waals surface area contributed by atoms with Gasteiger partial charge in [0.05, 0.1) is 18.0 Å². The molecule has 0 saturated carbocycles. The van der Waals surface area contributed by atoms with Crippen molar-refractivity contribution in [2.75, 3.05) is 50.8 Å². The second-order valence-corrected chi connectivity index (χ2v) is 15.5. The van der Waals surface area contributed by atoms with Gasteiger partial charge in [-0.1, -0.05) is 67.8 Å². The molecule has 2 aromatic heterocycles. The molecule has 0 radical (unpaired) electrons. The number of benzene rings is 2. The molecule has 48 heavy (non-hydrogen) atoms. The van der Waals surface area contributed by atoms with Crippen LogP contribution < -0.4 is 4.90 Å². The topological polar surface area (TPSA) is 60.1 Å². The van der Waals surface area contributed by atoms with E-state index in [-0.39, 0.29) is 6.61 Å². The number of unbranched alkanes of at least 4 members (excludes halogenated alkanes) is 4. The number of hydrogen-bond donors (Lipinski definition) is 1. The molecule has 2 saturated heterocycles. The van der Waals surface area contributed by atoms with Crippen LogP contribution in [-0.4, -0.2) is 86.5 Å². The van der Waals surface area contributed by atoms with Crippen molar-refractivity contribution in [2.45, 2.75) is 103 Å². The molecule has 0 spiro atoms. The second kappa shape index (κ2) is 15.1. The second-order valence-electron chi connectivity index (χ2n) is 15.5. The fraction of sp³-hybridized carbons (Fsp3) is 0.561. The Hall–Kier alpha value is -3.26. The molecule has 2 aliphatic rings. The lowest BCUT2D eigenvalue weighted by molar-refractivity contribution is -0.0276. The Balaban J connectivity index is 1.15. The van der Waals surface area contributed by atoms with Crippen molar-refractivity contribution in [2.24, 2.45) is 0 Å². The average Bonchev–Trinajstić information content (AvgIpc) is 3.41. The van der Waals surface area contributed by atoms with Gasteiger partial charge in [0.2, 0.25) is 0 Å². The van der Waals surface area contributed by atoms with Crippen LogP contribution in [0.15, 0.2) is 60.7 Å². The Labute approximate surface area is 289 Å². The number of β-amino-alcohol motifs (C(OH)–C–C–N with tert-alkyl or cyclic N) is 1. The lowest BCUT2D eigenvalue weighted by Crippen LogP contribution is -2.58. The van der Waals surface area contributed by atoms with Gasteiger partial charge in [0.1, 0.15) is 5.82 Å². The van der Waals surface area contributed by atoms with E-state index in [1.165, 1.54) is 69.0 Å². The molecule has 0 atom stereocenters. The molecule has 6 rings (SSSR count). The normalized spacial score (nSPS) is 18.5. The summed E-state index contributed by atoms with van der Waals surface area (Å²) in [6.07, 6.45) is 11.5. The number of anilines is 1. The van der Waals surface area contributed by atoms with Gasteiger partial charge in [0, 0.05) is 61.0 Å². The lowest BCUT2D eigenvalue weighted by Gasteiger charge is -2.53. The van der Waals surface area contributed by atoms with E-state index in [9.17, 15) is 5.11 Å². The van der Waals surface area contributed by atoms with Crippen LogP contribution in [0.1, 0.15) is 90.3 Å². The summed E-state index contributed by atoms with van der Waals surface area (Å²) in [5.41, 5.74) is 8.33. The highest BCUT2D eigenvalue weighted by Gasteiger charge is 2.40. The molecule has 7 nitrogen and oxygen atoms in total. The predicted molar refractivity (Wildman–Crippen MR) is 200 cm³/mol. The predicted octanol–water partition coefficient (Wildman–Crippen LogP) is 8.02. The summed E-state index contributed by atoms with van der Waals surface area (Å²) in [4.78, 5) is 12.9. The van der Waals surface area contributed by atoms with Gasteiger partial charge in [-0.15, -0.1) is 0 Å². The van der Waals surface area contributed by atoms with Crippen molar-refractivity contribution in [3.63, 3.8) is 0 Å². The summed E-state index contributed by atoms with van der Waals surface area (Å²) < 4.78 is 2.06. The Morgan fingerprint density at radius 3 is 2.17 bits per heavy atom. The van der Waals surface area contributed by atoms with E-state index in [2.05, 4.69) is 114 Å². The third-order valence-corrected chi connectivity index (χ3v) is 11.0. The number of piperidine rings is 1. The maximum atomic E-state index is 9.47. The maximum Gasteiger partial charge on any atom is 0.166 e. The number of aliphatic hydroxyl groups excluding tert-OH is 1. The van der Waals surface area contributed by atoms with Crippen molar-refractivity contribution in [3.05, 3.63) is 71.9 Å². The van der Waals surface area contributed by atoms with Crippen LogP contribution in [0.2, 0.25) is 0 Å². The van der Waals surface area contributed by atoms with Crippen LogP contribution in [0.4, 0.5) is 5.82 Å². The van der Waals surface area contributed by atoms with Crippen LogP contribution in [0.25, 0.3) is 28.0 Å². The van der Waals surface area contributed by atoms with Gasteiger partial charge in [-0.3, -0.25) is 9.80 Å². The first kappa shape index (κ1) is 34.6. The molecule has 258 valence electrons. The van der Waals surface area contributed by atoms with Crippen molar-refractivity contribution in [3.8, 4) is 22.4 Å². The third-order valence-electron chi connectivity index (χ3n) is 11.0. The monoisotopic (exact) mass is 650 g/mol. The third kappa shape index (κ3) is 7.79. The molecular formula is C41H58N6O. The Kier molecular flexibility index (Phi) is 10.9. The highest BCUT2D eigenvalue weighted by atomic mass is 16.3. The zero-order valence-corrected chi connectivity index (χ0v) is 30.2. The van der Waals surface area contributed by atoms with Gasteiger partial charge in [-0.25, -0.2) is 4.98 Å². The molecule has 2 fully saturated rings. The number of fused-ring (bicyclic) bond motifs is 1. The lowest BCUT2D eigenvalue weighted by atomic mass is 9.79. The summed E-state index contributed by atoms with van der Waals surface area (Å²) in [7, 11) is 0. The minimum atomic E-state index is 0.203. The first-order chi connectivity index (χ1) is 23.2. The molecule has 0 bridgehead atoms. The van der Waals surface area contributed by atoms with Crippen molar-refractivity contribution in [1.29, 1.82) is 0 Å². The molecule has 7 heteroatoms. The van der Waals surface area contributed by atoms with Gasteiger partial charge in [-0.2, -0.15) is 9.61 Å². The van der Waals surface area contributed by atoms with Gasteiger partial charge in [0.25, 0.3) is 0 Å². The number of aryl methyl sites for hydroxylation is 2. The smallest absolute Gasteiger partial charge is 0.166 e. The number of piperazine rings is 1. The number of aromatic nitrogens is 3. The standard InChI is InChI=1S/C41H58N6O/c1-32-38(34-18-11-9-12-19-34)39-42-36(31-37(47(39)43-32)45-26-24-44(25-27-45)28-29-48)35-20-14-17-33(30-35)16-10-7-6-8-13-23-46-40(2,3)21-15-22-41(46,4)5/h9,11-12,14,17-20,30-31,48H,6-8,10,13,15-16,21-29H2,1-5H3. The summed E-state index contributed by atoms with van der Waals surface area (Å²) in [6, 6.07) is 21.8. The van der Waals surface area contributed by atoms with Gasteiger partial charge >= 0.3 is 0 Å². The number of likely N-dealkylation sites (tertiary alicyclic amines) is 1. The van der Waals surface area contributed by atoms with Crippen molar-refractivity contribution >= 4 is 11.5 Å². The average molecular weight is 651 g/mol. The van der Waals surface area contributed by atoms with E-state index >= 15 is 0 Å². The number of nitrogens with zero attached hydrogens (tertiary/aromatic N) is 6. The Bertz CT molecular complexity index is 1620. The van der Waals surface area contributed by atoms with Crippen LogP contribution in [-0.2, 0) is 6.42 Å². The summed E-state index contributed by atoms with van der Waals surface area (Å²) in [5.74, 6) is 1.09. The van der Waals surface area contributed by atoms with Gasteiger partial charge in [0.15, 0.2) is 5.65 Å². The van der Waals surface area contributed by atoms with Crippen LogP contribution in [0, 0.1) is 6.92 Å². The number of aliphatic hydroxyl groups is 1. The first-order valence-electron chi connectivity index (χ1n) is 18.6. The number of rotatable bonds is 13. The molecule has 2 aliphatic heterocycles. The van der Waals surface area contributed by atoms with Gasteiger partial charge < -0.3 is 10.0 Å². The molecule has 0 unspecified atom stereocenters. The quantitative estimate of drug-likeness (QED) is 0.148. The Morgan fingerprint density at radius 2 is 1.44 bits per heavy atom. The largest absolute Gasteiger partial charge is 0.395 e. The molecular weight excluding hydrogens is 592 g/mol. The van der Waals surface area contributed by atoms with Crippen molar-refractivity contribution < 1.29 is 5.11 Å². The Morgan fingerprint density at radius 1 is 0.750 bits per heavy atom. The van der Waals surface area contributed by atoms with Gasteiger partial charge in [-0.05, 0) is 96.9 Å². The minimum Gasteiger partial charge on any atom is -0.395 e. The molecule has 4 heterocycles. The van der Waals surface area contributed by atoms with Crippen LogP contribution in [0.5, 0.6) is 0 Å². The zero-order valence-electron chi connectivity index (χ0n) is 30.2. The van der Waals surface area contributed by atoms with E-state index in [4.69, 9.17) is 10.1 Å². The molecule has 4 aromatic rings. The highest BCUT2D eigenvalue weighted by Crippen LogP contribution is 2.38. The highest BCUT2D eigenvalue weighted by molar-refractivity contribution is 5.83. The van der Waals surface area contributed by atoms with E-state index in [0.717, 1.165) is 73.1 Å². The fourth-order valence-electron chi connectivity index (χ4n) is 8.43. The van der Waals surface area contributed by atoms with Crippen LogP contribution in [0.3, 0.4) is 0 Å². The zero-order chi connectivity index (χ0) is 33.7. The van der Waals surface area contributed by atoms with E-state index < -0.39 is 0 Å². The first-order valence-corrected chi connectivity index (χ1v) is 18.6. The van der Waals surface area contributed by atoms with Crippen LogP contribution >= 0.6 is 0 Å². The van der Waals surface area contributed by atoms with Crippen molar-refractivity contribution in [1.82, 2.24) is 24.4 Å². The van der Waals surface area contributed by atoms with E-state index in [0.29, 0.717) is 11.1 Å². The summed E-state index contributed by atoms with van der Waals surface area (Å²) >= 11 is 0. The summed E-state index contributed by atoms with van der Waals surface area (Å²) in [5, 5.41) is 14.5. The molecule has 1 N–H and O–H groups in total. The molecule has 2 aromatic carbocycles. The maximum absolute atomic E-state index is 9.47. The minimum absolute atomic E-state index is 0.203. The summed E-state index contributed by atoms with van der Waals surface area (Å²) in [6.45, 7) is 17.7. The van der Waals surface area contributed by atoms with E-state index in [1.54, 1.807) is 0 Å². The molecule has 0 aliphatic carbocycles. The SMILES string of the molecule is Cc1nn2c(N3CCN(CCO)CC3)cc(-c3cccc(CCCCCCCN4C(C)(C)CCCC4(C)C)c3)nc2c1-c1ccccc1. The number of hydrogen-bond acceptors (Lipinski definition) is 6. The molecule has 0 amide bonds. The van der Waals surface area contributed by atoms with E-state index in [1.807, 2.05) is 0 Å².